The highest BCUT2D eigenvalue weighted by Crippen LogP contribution is 2.17. The maximum atomic E-state index is 12.0. The molecule has 0 aliphatic rings. The summed E-state index contributed by atoms with van der Waals surface area (Å²) in [5, 5.41) is 6.75. The molecular formula is C22H25N3O3. The topological polar surface area (TPSA) is 79.8 Å². The number of para-hydroxylation sites is 1. The minimum atomic E-state index is -0.337. The predicted octanol–water partition coefficient (Wildman–Crippen LogP) is 3.74. The van der Waals surface area contributed by atoms with Crippen LogP contribution in [0.1, 0.15) is 29.5 Å². The van der Waals surface area contributed by atoms with Crippen molar-refractivity contribution in [2.24, 2.45) is 5.10 Å². The lowest BCUT2D eigenvalue weighted by Crippen LogP contribution is -2.21. The maximum absolute atomic E-state index is 12.0. The molecule has 0 spiro atoms. The second-order valence-corrected chi connectivity index (χ2v) is 6.30. The number of hydrazone groups is 1. The smallest absolute Gasteiger partial charge is 0.240 e. The van der Waals surface area contributed by atoms with Gasteiger partial charge in [0, 0.05) is 24.1 Å². The zero-order valence-corrected chi connectivity index (χ0v) is 16.2. The summed E-state index contributed by atoms with van der Waals surface area (Å²) in [6, 6.07) is 13.1. The summed E-state index contributed by atoms with van der Waals surface area (Å²) in [6.07, 6.45) is 3.28. The van der Waals surface area contributed by atoms with Crippen LogP contribution in [0.3, 0.4) is 0 Å². The van der Waals surface area contributed by atoms with E-state index in [1.165, 1.54) is 6.21 Å². The third-order valence-corrected chi connectivity index (χ3v) is 3.90. The quantitative estimate of drug-likeness (QED) is 0.396. The molecule has 0 atom stereocenters. The minimum absolute atomic E-state index is 0.0443. The standard InChI is InChI=1S/C22H25N3O3/c1-4-13-28-20-8-6-5-7-18(20)15-23-25-22(27)12-11-21(26)24-19-10-9-16(2)14-17(19)3/h4-10,14-15H,1,11-13H2,2-3H3,(H,24,26)(H,25,27)/b23-15+. The number of hydrogen-bond donors (Lipinski definition) is 2. The largest absolute Gasteiger partial charge is 0.489 e. The molecule has 0 radical (unpaired) electrons. The molecule has 0 fully saturated rings. The van der Waals surface area contributed by atoms with Crippen molar-refractivity contribution in [2.75, 3.05) is 11.9 Å². The van der Waals surface area contributed by atoms with Gasteiger partial charge in [-0.1, -0.05) is 42.5 Å². The molecule has 6 heteroatoms. The number of rotatable bonds is 9. The monoisotopic (exact) mass is 379 g/mol. The zero-order valence-electron chi connectivity index (χ0n) is 16.2. The molecule has 2 amide bonds. The molecule has 0 aliphatic carbocycles. The van der Waals surface area contributed by atoms with Gasteiger partial charge in [-0.2, -0.15) is 5.10 Å². The molecule has 0 aromatic heterocycles. The number of amides is 2. The Morgan fingerprint density at radius 3 is 2.61 bits per heavy atom. The molecule has 0 unspecified atom stereocenters. The van der Waals surface area contributed by atoms with Crippen LogP contribution in [0.15, 0.2) is 60.2 Å². The van der Waals surface area contributed by atoms with Crippen LogP contribution in [0.4, 0.5) is 5.69 Å². The van der Waals surface area contributed by atoms with Crippen LogP contribution < -0.4 is 15.5 Å². The molecule has 0 heterocycles. The molecule has 0 saturated heterocycles. The summed E-state index contributed by atoms with van der Waals surface area (Å²) in [5.74, 6) is 0.0963. The summed E-state index contributed by atoms with van der Waals surface area (Å²) in [4.78, 5) is 23.9. The summed E-state index contributed by atoms with van der Waals surface area (Å²) in [7, 11) is 0. The van der Waals surface area contributed by atoms with E-state index in [0.29, 0.717) is 12.4 Å². The molecule has 6 nitrogen and oxygen atoms in total. The van der Waals surface area contributed by atoms with Crippen LogP contribution in [-0.4, -0.2) is 24.6 Å². The number of benzene rings is 2. The van der Waals surface area contributed by atoms with Crippen molar-refractivity contribution in [3.05, 3.63) is 71.8 Å². The van der Waals surface area contributed by atoms with Crippen LogP contribution >= 0.6 is 0 Å². The van der Waals surface area contributed by atoms with E-state index in [4.69, 9.17) is 4.74 Å². The molecule has 2 N–H and O–H groups in total. The van der Waals surface area contributed by atoms with Gasteiger partial charge in [0.1, 0.15) is 12.4 Å². The van der Waals surface area contributed by atoms with Crippen molar-refractivity contribution in [3.8, 4) is 5.75 Å². The SMILES string of the molecule is C=CCOc1ccccc1/C=N/NC(=O)CCC(=O)Nc1ccc(C)cc1C. The van der Waals surface area contributed by atoms with E-state index < -0.39 is 0 Å². The van der Waals surface area contributed by atoms with E-state index in [1.54, 1.807) is 6.08 Å². The first-order valence-electron chi connectivity index (χ1n) is 9.01. The van der Waals surface area contributed by atoms with Gasteiger partial charge in [-0.15, -0.1) is 0 Å². The van der Waals surface area contributed by atoms with Crippen molar-refractivity contribution in [1.82, 2.24) is 5.43 Å². The van der Waals surface area contributed by atoms with Gasteiger partial charge >= 0.3 is 0 Å². The maximum Gasteiger partial charge on any atom is 0.240 e. The Hall–Kier alpha value is -3.41. The van der Waals surface area contributed by atoms with Crippen LogP contribution in [-0.2, 0) is 9.59 Å². The average Bonchev–Trinajstić information content (AvgIpc) is 2.68. The normalized spacial score (nSPS) is 10.5. The van der Waals surface area contributed by atoms with Crippen LogP contribution in [0.5, 0.6) is 5.75 Å². The number of nitrogens with one attached hydrogen (secondary N) is 2. The minimum Gasteiger partial charge on any atom is -0.489 e. The summed E-state index contributed by atoms with van der Waals surface area (Å²) < 4.78 is 5.52. The highest BCUT2D eigenvalue weighted by Gasteiger charge is 2.08. The highest BCUT2D eigenvalue weighted by atomic mass is 16.5. The van der Waals surface area contributed by atoms with Crippen molar-refractivity contribution in [3.63, 3.8) is 0 Å². The number of hydrogen-bond acceptors (Lipinski definition) is 4. The number of ether oxygens (including phenoxy) is 1. The Morgan fingerprint density at radius 2 is 1.86 bits per heavy atom. The third-order valence-electron chi connectivity index (χ3n) is 3.90. The van der Waals surface area contributed by atoms with E-state index in [2.05, 4.69) is 22.4 Å². The summed E-state index contributed by atoms with van der Waals surface area (Å²) >= 11 is 0. The fourth-order valence-corrected chi connectivity index (χ4v) is 2.49. The fraction of sp³-hybridized carbons (Fsp3) is 0.227. The Balaban J connectivity index is 1.80. The van der Waals surface area contributed by atoms with Crippen LogP contribution in [0, 0.1) is 13.8 Å². The molecule has 0 aliphatic heterocycles. The van der Waals surface area contributed by atoms with Gasteiger partial charge < -0.3 is 10.1 Å². The van der Waals surface area contributed by atoms with Crippen molar-refractivity contribution in [2.45, 2.75) is 26.7 Å². The van der Waals surface area contributed by atoms with Crippen molar-refractivity contribution < 1.29 is 14.3 Å². The Morgan fingerprint density at radius 1 is 1.11 bits per heavy atom. The number of carbonyl (C=O) groups is 2. The zero-order chi connectivity index (χ0) is 20.4. The van der Waals surface area contributed by atoms with Gasteiger partial charge in [0.25, 0.3) is 0 Å². The third kappa shape index (κ3) is 6.72. The van der Waals surface area contributed by atoms with Gasteiger partial charge in [-0.3, -0.25) is 9.59 Å². The van der Waals surface area contributed by atoms with E-state index in [1.807, 2.05) is 56.3 Å². The second kappa shape index (κ2) is 10.7. The molecule has 146 valence electrons. The second-order valence-electron chi connectivity index (χ2n) is 6.30. The summed E-state index contributed by atoms with van der Waals surface area (Å²) in [5.41, 5.74) is 6.03. The van der Waals surface area contributed by atoms with Gasteiger partial charge in [-0.25, -0.2) is 5.43 Å². The average molecular weight is 379 g/mol. The van der Waals surface area contributed by atoms with E-state index in [9.17, 15) is 9.59 Å². The molecule has 2 aromatic carbocycles. The lowest BCUT2D eigenvalue weighted by atomic mass is 10.1. The molecule has 2 rings (SSSR count). The van der Waals surface area contributed by atoms with E-state index >= 15 is 0 Å². The molecular weight excluding hydrogens is 354 g/mol. The van der Waals surface area contributed by atoms with E-state index in [-0.39, 0.29) is 24.7 Å². The molecule has 0 bridgehead atoms. The van der Waals surface area contributed by atoms with Crippen molar-refractivity contribution >= 4 is 23.7 Å². The van der Waals surface area contributed by atoms with Crippen LogP contribution in [0.25, 0.3) is 0 Å². The van der Waals surface area contributed by atoms with E-state index in [0.717, 1.165) is 22.4 Å². The van der Waals surface area contributed by atoms with Crippen LogP contribution in [0.2, 0.25) is 0 Å². The first kappa shape index (κ1) is 20.9. The van der Waals surface area contributed by atoms with Gasteiger partial charge in [-0.05, 0) is 37.6 Å². The Labute approximate surface area is 165 Å². The fourth-order valence-electron chi connectivity index (χ4n) is 2.49. The Kier molecular flexibility index (Phi) is 7.96. The lowest BCUT2D eigenvalue weighted by Gasteiger charge is -2.09. The first-order valence-corrected chi connectivity index (χ1v) is 9.01. The van der Waals surface area contributed by atoms with Gasteiger partial charge in [0.05, 0.1) is 6.21 Å². The Bertz CT molecular complexity index is 875. The van der Waals surface area contributed by atoms with Gasteiger partial charge in [0.15, 0.2) is 0 Å². The number of carbonyl (C=O) groups excluding carboxylic acids is 2. The predicted molar refractivity (Wildman–Crippen MR) is 112 cm³/mol. The number of nitrogens with zero attached hydrogens (tertiary/aromatic N) is 1. The van der Waals surface area contributed by atoms with Gasteiger partial charge in [0.2, 0.25) is 11.8 Å². The molecule has 0 saturated carbocycles. The first-order chi connectivity index (χ1) is 13.5. The molecule has 2 aromatic rings. The number of anilines is 1. The molecule has 28 heavy (non-hydrogen) atoms. The summed E-state index contributed by atoms with van der Waals surface area (Å²) in [6.45, 7) is 7.92. The lowest BCUT2D eigenvalue weighted by molar-refractivity contribution is -0.124. The van der Waals surface area contributed by atoms with Crippen molar-refractivity contribution in [1.29, 1.82) is 0 Å². The number of aryl methyl sites for hydroxylation is 2. The highest BCUT2D eigenvalue weighted by molar-refractivity contribution is 5.94.